The van der Waals surface area contributed by atoms with Crippen molar-refractivity contribution in [1.29, 1.82) is 0 Å². The molecule has 1 aromatic heterocycles. The number of aromatic carboxylic acids is 1. The van der Waals surface area contributed by atoms with Crippen LogP contribution < -0.4 is 0 Å². The zero-order chi connectivity index (χ0) is 12.5. The van der Waals surface area contributed by atoms with E-state index in [9.17, 15) is 4.79 Å². The molecule has 0 aliphatic carbocycles. The average Bonchev–Trinajstić information content (AvgIpc) is 2.99. The Morgan fingerprint density at radius 2 is 2.22 bits per heavy atom. The zero-order valence-corrected chi connectivity index (χ0v) is 9.42. The van der Waals surface area contributed by atoms with Crippen LogP contribution in [-0.2, 0) is 0 Å². The van der Waals surface area contributed by atoms with Crippen LogP contribution in [-0.4, -0.2) is 22.3 Å². The minimum Gasteiger partial charge on any atom is -0.478 e. The van der Waals surface area contributed by atoms with Crippen molar-refractivity contribution in [2.75, 3.05) is 0 Å². The molecular formula is C14H10N2O2. The first-order valence-electron chi connectivity index (χ1n) is 5.51. The van der Waals surface area contributed by atoms with Gasteiger partial charge in [-0.05, 0) is 36.4 Å². The van der Waals surface area contributed by atoms with Gasteiger partial charge in [0.05, 0.1) is 11.3 Å². The van der Waals surface area contributed by atoms with Crippen molar-refractivity contribution in [2.24, 2.45) is 4.99 Å². The summed E-state index contributed by atoms with van der Waals surface area (Å²) < 4.78 is 0. The number of hydrogen-bond acceptors (Lipinski definition) is 2. The molecule has 2 N–H and O–H groups in total. The van der Waals surface area contributed by atoms with Crippen LogP contribution in [0.25, 0.3) is 11.6 Å². The third-order valence-electron chi connectivity index (χ3n) is 2.83. The van der Waals surface area contributed by atoms with Crippen LogP contribution in [0.5, 0.6) is 0 Å². The van der Waals surface area contributed by atoms with Crippen molar-refractivity contribution >= 4 is 29.5 Å². The molecule has 2 aromatic rings. The van der Waals surface area contributed by atoms with Gasteiger partial charge in [0, 0.05) is 29.2 Å². The summed E-state index contributed by atoms with van der Waals surface area (Å²) in [6, 6.07) is 8.80. The van der Waals surface area contributed by atoms with Gasteiger partial charge in [-0.25, -0.2) is 4.79 Å². The molecule has 4 nitrogen and oxygen atoms in total. The van der Waals surface area contributed by atoms with Crippen LogP contribution >= 0.6 is 0 Å². The molecule has 0 unspecified atom stereocenters. The van der Waals surface area contributed by atoms with Crippen LogP contribution in [0, 0.1) is 0 Å². The Hall–Kier alpha value is -2.62. The van der Waals surface area contributed by atoms with Gasteiger partial charge in [-0.15, -0.1) is 0 Å². The highest BCUT2D eigenvalue weighted by Crippen LogP contribution is 2.33. The number of nitrogens with one attached hydrogen (secondary N) is 1. The van der Waals surface area contributed by atoms with Gasteiger partial charge in [-0.3, -0.25) is 4.99 Å². The number of hydrogen-bond donors (Lipinski definition) is 2. The van der Waals surface area contributed by atoms with Crippen LogP contribution in [0.3, 0.4) is 0 Å². The highest BCUT2D eigenvalue weighted by Gasteiger charge is 2.15. The number of H-pyrrole nitrogens is 1. The molecule has 18 heavy (non-hydrogen) atoms. The summed E-state index contributed by atoms with van der Waals surface area (Å²) in [5, 5.41) is 8.99. The van der Waals surface area contributed by atoms with Crippen molar-refractivity contribution in [2.45, 2.75) is 0 Å². The monoisotopic (exact) mass is 238 g/mol. The van der Waals surface area contributed by atoms with Crippen molar-refractivity contribution in [1.82, 2.24) is 4.98 Å². The molecule has 4 heteroatoms. The number of rotatable bonds is 2. The predicted octanol–water partition coefficient (Wildman–Crippen LogP) is 2.97. The third kappa shape index (κ3) is 1.73. The number of carbonyl (C=O) groups is 1. The molecule has 1 aliphatic rings. The molecule has 88 valence electrons. The number of aliphatic imine (C=N–C) groups is 1. The van der Waals surface area contributed by atoms with Gasteiger partial charge < -0.3 is 10.1 Å². The minimum atomic E-state index is -0.927. The summed E-state index contributed by atoms with van der Waals surface area (Å²) in [6.07, 6.45) is 5.53. The summed E-state index contributed by atoms with van der Waals surface area (Å²) in [5.74, 6) is -0.927. The van der Waals surface area contributed by atoms with E-state index in [4.69, 9.17) is 5.11 Å². The largest absolute Gasteiger partial charge is 0.478 e. The predicted molar refractivity (Wildman–Crippen MR) is 70.2 cm³/mol. The Morgan fingerprint density at radius 3 is 2.94 bits per heavy atom. The second kappa shape index (κ2) is 4.00. The molecule has 0 saturated carbocycles. The summed E-state index contributed by atoms with van der Waals surface area (Å²) in [4.78, 5) is 18.3. The summed E-state index contributed by atoms with van der Waals surface area (Å²) in [5.41, 5.74) is 3.81. The Labute approximate surface area is 103 Å². The molecule has 2 heterocycles. The molecule has 1 aromatic carbocycles. The molecule has 0 bridgehead atoms. The van der Waals surface area contributed by atoms with E-state index in [-0.39, 0.29) is 5.56 Å². The van der Waals surface area contributed by atoms with E-state index < -0.39 is 5.97 Å². The average molecular weight is 238 g/mol. The van der Waals surface area contributed by atoms with Crippen LogP contribution in [0.2, 0.25) is 0 Å². The lowest BCUT2D eigenvalue weighted by atomic mass is 10.0. The maximum atomic E-state index is 11.0. The molecule has 3 rings (SSSR count). The number of aromatic amines is 1. The van der Waals surface area contributed by atoms with E-state index in [1.54, 1.807) is 24.4 Å². The minimum absolute atomic E-state index is 0.275. The maximum absolute atomic E-state index is 11.0. The van der Waals surface area contributed by atoms with E-state index in [0.29, 0.717) is 0 Å². The Kier molecular flexibility index (Phi) is 2.34. The van der Waals surface area contributed by atoms with Crippen LogP contribution in [0.4, 0.5) is 5.69 Å². The molecule has 0 radical (unpaired) electrons. The molecule has 0 amide bonds. The first-order valence-corrected chi connectivity index (χ1v) is 5.51. The van der Waals surface area contributed by atoms with E-state index in [2.05, 4.69) is 9.98 Å². The second-order valence-corrected chi connectivity index (χ2v) is 4.02. The van der Waals surface area contributed by atoms with Gasteiger partial charge in [0.1, 0.15) is 0 Å². The first kappa shape index (κ1) is 10.5. The number of carboxylic acid groups (broad SMARTS) is 1. The fraction of sp³-hybridized carbons (Fsp3) is 0. The summed E-state index contributed by atoms with van der Waals surface area (Å²) >= 11 is 0. The van der Waals surface area contributed by atoms with Gasteiger partial charge in [0.25, 0.3) is 0 Å². The molecule has 0 spiro atoms. The van der Waals surface area contributed by atoms with Crippen LogP contribution in [0.1, 0.15) is 21.6 Å². The second-order valence-electron chi connectivity index (χ2n) is 4.02. The molecule has 0 fully saturated rings. The van der Waals surface area contributed by atoms with Gasteiger partial charge in [-0.1, -0.05) is 0 Å². The van der Waals surface area contributed by atoms with Crippen molar-refractivity contribution in [3.05, 3.63) is 53.3 Å². The topological polar surface area (TPSA) is 65.4 Å². The standard InChI is InChI=1S/C14H10N2O2/c17-14(18)9-3-4-13-12(7-9)10(8-16-13)6-11-2-1-5-15-11/h1-8,15H,(H,17,18). The quantitative estimate of drug-likeness (QED) is 0.844. The van der Waals surface area contributed by atoms with Crippen molar-refractivity contribution in [3.8, 4) is 0 Å². The van der Waals surface area contributed by atoms with E-state index >= 15 is 0 Å². The fourth-order valence-electron chi connectivity index (χ4n) is 1.94. The molecule has 1 aliphatic heterocycles. The smallest absolute Gasteiger partial charge is 0.335 e. The number of fused-ring (bicyclic) bond motifs is 1. The van der Waals surface area contributed by atoms with E-state index in [0.717, 1.165) is 22.5 Å². The number of benzene rings is 1. The number of allylic oxidation sites excluding steroid dienone is 1. The van der Waals surface area contributed by atoms with Crippen LogP contribution in [0.15, 0.2) is 41.5 Å². The molecule has 0 atom stereocenters. The van der Waals surface area contributed by atoms with Gasteiger partial charge in [-0.2, -0.15) is 0 Å². The number of nitrogens with zero attached hydrogens (tertiary/aromatic N) is 1. The number of carboxylic acids is 1. The van der Waals surface area contributed by atoms with Crippen molar-refractivity contribution in [3.63, 3.8) is 0 Å². The van der Waals surface area contributed by atoms with E-state index in [1.165, 1.54) is 0 Å². The van der Waals surface area contributed by atoms with Gasteiger partial charge in [0.15, 0.2) is 0 Å². The first-order chi connectivity index (χ1) is 8.74. The Bertz CT molecular complexity index is 667. The highest BCUT2D eigenvalue weighted by atomic mass is 16.4. The van der Waals surface area contributed by atoms with E-state index in [1.807, 2.05) is 24.4 Å². The third-order valence-corrected chi connectivity index (χ3v) is 2.83. The fourth-order valence-corrected chi connectivity index (χ4v) is 1.94. The summed E-state index contributed by atoms with van der Waals surface area (Å²) in [6.45, 7) is 0. The molecular weight excluding hydrogens is 228 g/mol. The SMILES string of the molecule is O=C(O)c1ccc2c(c1)C(=Cc1ccc[nH]1)C=N2. The summed E-state index contributed by atoms with van der Waals surface area (Å²) in [7, 11) is 0. The maximum Gasteiger partial charge on any atom is 0.335 e. The number of aromatic nitrogens is 1. The van der Waals surface area contributed by atoms with Gasteiger partial charge >= 0.3 is 5.97 Å². The lowest BCUT2D eigenvalue weighted by molar-refractivity contribution is 0.0697. The zero-order valence-electron chi connectivity index (χ0n) is 9.42. The lowest BCUT2D eigenvalue weighted by Gasteiger charge is -2.01. The highest BCUT2D eigenvalue weighted by molar-refractivity contribution is 6.21. The Balaban J connectivity index is 2.07. The lowest BCUT2D eigenvalue weighted by Crippen LogP contribution is -1.96. The molecule has 0 saturated heterocycles. The Morgan fingerprint density at radius 1 is 1.33 bits per heavy atom. The van der Waals surface area contributed by atoms with Crippen molar-refractivity contribution < 1.29 is 9.90 Å². The normalized spacial score (nSPS) is 15.0. The van der Waals surface area contributed by atoms with Gasteiger partial charge in [0.2, 0.25) is 0 Å².